The van der Waals surface area contributed by atoms with Gasteiger partial charge in [0.25, 0.3) is 0 Å². The van der Waals surface area contributed by atoms with Crippen LogP contribution in [0.4, 0.5) is 35.0 Å². The minimum atomic E-state index is -1.10. The van der Waals surface area contributed by atoms with Gasteiger partial charge in [0.1, 0.15) is 24.0 Å². The number of nitrogens with zero attached hydrogens (tertiary/aromatic N) is 4. The van der Waals surface area contributed by atoms with Crippen molar-refractivity contribution >= 4 is 23.4 Å². The Morgan fingerprint density at radius 2 is 1.76 bits per heavy atom. The maximum absolute atomic E-state index is 14.1. The highest BCUT2D eigenvalue weighted by Crippen LogP contribution is 2.19. The lowest BCUT2D eigenvalue weighted by Crippen LogP contribution is -2.36. The van der Waals surface area contributed by atoms with Crippen molar-refractivity contribution in [3.63, 3.8) is 0 Å². The van der Waals surface area contributed by atoms with E-state index in [4.69, 9.17) is 0 Å². The quantitative estimate of drug-likeness (QED) is 0.393. The molecule has 8 nitrogen and oxygen atoms in total. The van der Waals surface area contributed by atoms with Crippen molar-refractivity contribution in [2.24, 2.45) is 0 Å². The molecule has 1 amide bonds. The number of halogens is 4. The van der Waals surface area contributed by atoms with Gasteiger partial charge in [-0.1, -0.05) is 13.8 Å². The first kappa shape index (κ1) is 24.0. The molecule has 33 heavy (non-hydrogen) atoms. The highest BCUT2D eigenvalue weighted by molar-refractivity contribution is 5.76. The SMILES string of the molecule is CCC(CC)NC(=O)Cn1cc(Nc2ncc(F)c(NCc3c(F)cc(F)cc3F)n2)cn1. The molecule has 2 aromatic heterocycles. The first-order chi connectivity index (χ1) is 15.8. The van der Waals surface area contributed by atoms with Crippen LogP contribution in [-0.2, 0) is 17.9 Å². The molecule has 0 aliphatic carbocycles. The topological polar surface area (TPSA) is 96.8 Å². The fourth-order valence-corrected chi connectivity index (χ4v) is 3.02. The van der Waals surface area contributed by atoms with Crippen LogP contribution in [0.2, 0.25) is 0 Å². The van der Waals surface area contributed by atoms with Gasteiger partial charge in [0.05, 0.1) is 18.1 Å². The van der Waals surface area contributed by atoms with Crippen molar-refractivity contribution in [2.45, 2.75) is 45.8 Å². The van der Waals surface area contributed by atoms with Crippen LogP contribution >= 0.6 is 0 Å². The Labute approximate surface area is 187 Å². The molecule has 12 heteroatoms. The summed E-state index contributed by atoms with van der Waals surface area (Å²) in [6.07, 6.45) is 5.52. The van der Waals surface area contributed by atoms with Crippen molar-refractivity contribution in [2.75, 3.05) is 10.6 Å². The predicted octanol–water partition coefficient (Wildman–Crippen LogP) is 3.89. The van der Waals surface area contributed by atoms with Crippen LogP contribution in [0.5, 0.6) is 0 Å². The number of aromatic nitrogens is 4. The van der Waals surface area contributed by atoms with Gasteiger partial charge in [-0.05, 0) is 12.8 Å². The molecule has 0 saturated carbocycles. The lowest BCUT2D eigenvalue weighted by molar-refractivity contribution is -0.122. The van der Waals surface area contributed by atoms with Gasteiger partial charge in [-0.2, -0.15) is 10.1 Å². The summed E-state index contributed by atoms with van der Waals surface area (Å²) in [5, 5.41) is 12.3. The van der Waals surface area contributed by atoms with Crippen LogP contribution < -0.4 is 16.0 Å². The molecule has 0 radical (unpaired) electrons. The number of anilines is 3. The average molecular weight is 465 g/mol. The predicted molar refractivity (Wildman–Crippen MR) is 114 cm³/mol. The molecule has 1 aromatic carbocycles. The van der Waals surface area contributed by atoms with Gasteiger partial charge in [-0.3, -0.25) is 9.48 Å². The van der Waals surface area contributed by atoms with Crippen LogP contribution in [-0.4, -0.2) is 31.7 Å². The highest BCUT2D eigenvalue weighted by Gasteiger charge is 2.14. The summed E-state index contributed by atoms with van der Waals surface area (Å²) < 4.78 is 56.1. The van der Waals surface area contributed by atoms with Gasteiger partial charge in [-0.25, -0.2) is 22.5 Å². The van der Waals surface area contributed by atoms with Crippen molar-refractivity contribution in [1.29, 1.82) is 0 Å². The van der Waals surface area contributed by atoms with E-state index in [0.29, 0.717) is 17.8 Å². The molecule has 176 valence electrons. The number of carbonyl (C=O) groups excluding carboxylic acids is 1. The molecule has 2 heterocycles. The number of amides is 1. The van der Waals surface area contributed by atoms with Gasteiger partial charge in [0, 0.05) is 36.5 Å². The van der Waals surface area contributed by atoms with Crippen LogP contribution in [0.25, 0.3) is 0 Å². The van der Waals surface area contributed by atoms with E-state index < -0.39 is 35.4 Å². The second kappa shape index (κ2) is 10.7. The first-order valence-electron chi connectivity index (χ1n) is 10.3. The van der Waals surface area contributed by atoms with Gasteiger partial charge in [0.2, 0.25) is 11.9 Å². The number of rotatable bonds is 10. The minimum absolute atomic E-state index is 0.0139. The Morgan fingerprint density at radius 1 is 1.06 bits per heavy atom. The monoisotopic (exact) mass is 465 g/mol. The molecular formula is C21H23F4N7O. The fraction of sp³-hybridized carbons (Fsp3) is 0.333. The van der Waals surface area contributed by atoms with Gasteiger partial charge < -0.3 is 16.0 Å². The van der Waals surface area contributed by atoms with Crippen LogP contribution in [0.3, 0.4) is 0 Å². The van der Waals surface area contributed by atoms with E-state index in [-0.39, 0.29) is 30.3 Å². The van der Waals surface area contributed by atoms with E-state index in [0.717, 1.165) is 19.0 Å². The number of hydrogen-bond donors (Lipinski definition) is 3. The third kappa shape index (κ3) is 6.40. The molecule has 3 aromatic rings. The zero-order valence-electron chi connectivity index (χ0n) is 18.0. The Balaban J connectivity index is 1.64. The third-order valence-electron chi connectivity index (χ3n) is 4.83. The molecule has 0 atom stereocenters. The lowest BCUT2D eigenvalue weighted by Gasteiger charge is -2.14. The van der Waals surface area contributed by atoms with E-state index >= 15 is 0 Å². The van der Waals surface area contributed by atoms with E-state index in [1.165, 1.54) is 10.9 Å². The van der Waals surface area contributed by atoms with E-state index in [9.17, 15) is 22.4 Å². The zero-order valence-corrected chi connectivity index (χ0v) is 18.0. The number of carbonyl (C=O) groups is 1. The standard InChI is InChI=1S/C21H23F4N7O/c1-3-13(4-2)29-19(33)11-32-10-14(7-28-32)30-21-27-9-18(25)20(31-21)26-8-15-16(23)5-12(22)6-17(15)24/h5-7,9-10,13H,3-4,8,11H2,1-2H3,(H,29,33)(H2,26,27,30,31). The molecule has 0 bridgehead atoms. The third-order valence-corrected chi connectivity index (χ3v) is 4.83. The number of nitrogens with one attached hydrogen (secondary N) is 3. The smallest absolute Gasteiger partial charge is 0.241 e. The molecule has 3 rings (SSSR count). The molecule has 0 unspecified atom stereocenters. The van der Waals surface area contributed by atoms with E-state index in [1.54, 1.807) is 6.20 Å². The Hall–Kier alpha value is -3.70. The molecule has 0 aliphatic heterocycles. The molecule has 0 aliphatic rings. The summed E-state index contributed by atoms with van der Waals surface area (Å²) in [6, 6.07) is 1.17. The van der Waals surface area contributed by atoms with E-state index in [1.807, 2.05) is 13.8 Å². The molecule has 0 fully saturated rings. The Kier molecular flexibility index (Phi) is 7.80. The van der Waals surface area contributed by atoms with E-state index in [2.05, 4.69) is 31.0 Å². The summed E-state index contributed by atoms with van der Waals surface area (Å²) in [5.74, 6) is -4.61. The second-order valence-corrected chi connectivity index (χ2v) is 7.22. The molecular weight excluding hydrogens is 442 g/mol. The highest BCUT2D eigenvalue weighted by atomic mass is 19.1. The van der Waals surface area contributed by atoms with Crippen LogP contribution in [0.1, 0.15) is 32.3 Å². The summed E-state index contributed by atoms with van der Waals surface area (Å²) >= 11 is 0. The Morgan fingerprint density at radius 3 is 2.42 bits per heavy atom. The molecule has 0 spiro atoms. The Bertz CT molecular complexity index is 1090. The van der Waals surface area contributed by atoms with Crippen molar-refractivity contribution in [3.8, 4) is 0 Å². The fourth-order valence-electron chi connectivity index (χ4n) is 3.02. The van der Waals surface area contributed by atoms with Gasteiger partial charge in [0.15, 0.2) is 11.6 Å². The summed E-state index contributed by atoms with van der Waals surface area (Å²) in [5.41, 5.74) is -0.0182. The van der Waals surface area contributed by atoms with Crippen molar-refractivity contribution in [1.82, 2.24) is 25.1 Å². The maximum Gasteiger partial charge on any atom is 0.241 e. The number of hydrogen-bond acceptors (Lipinski definition) is 6. The minimum Gasteiger partial charge on any atom is -0.363 e. The molecule has 3 N–H and O–H groups in total. The lowest BCUT2D eigenvalue weighted by atomic mass is 10.2. The van der Waals surface area contributed by atoms with Crippen LogP contribution in [0.15, 0.2) is 30.7 Å². The first-order valence-corrected chi connectivity index (χ1v) is 10.3. The summed E-state index contributed by atoms with van der Waals surface area (Å²) in [7, 11) is 0. The van der Waals surface area contributed by atoms with Crippen LogP contribution in [0, 0.1) is 23.3 Å². The number of benzene rings is 1. The summed E-state index contributed by atoms with van der Waals surface area (Å²) in [4.78, 5) is 19.9. The van der Waals surface area contributed by atoms with Crippen molar-refractivity contribution < 1.29 is 22.4 Å². The molecule has 0 saturated heterocycles. The normalized spacial score (nSPS) is 11.0. The average Bonchev–Trinajstić information content (AvgIpc) is 3.19. The summed E-state index contributed by atoms with van der Waals surface area (Å²) in [6.45, 7) is 3.53. The maximum atomic E-state index is 14.1. The van der Waals surface area contributed by atoms with Crippen molar-refractivity contribution in [3.05, 3.63) is 59.6 Å². The largest absolute Gasteiger partial charge is 0.363 e. The zero-order chi connectivity index (χ0) is 24.0. The second-order valence-electron chi connectivity index (χ2n) is 7.22. The van der Waals surface area contributed by atoms with Gasteiger partial charge in [-0.15, -0.1) is 0 Å². The van der Waals surface area contributed by atoms with Gasteiger partial charge >= 0.3 is 0 Å².